The Hall–Kier alpha value is -3.35. The Morgan fingerprint density at radius 2 is 2.07 bits per heavy atom. The molecule has 2 heterocycles. The fourth-order valence-electron chi connectivity index (χ4n) is 2.99. The molecular weight excluding hydrogens is 349 g/mol. The molecule has 0 saturated carbocycles. The summed E-state index contributed by atoms with van der Waals surface area (Å²) in [4.78, 5) is 16.3. The lowest BCUT2D eigenvalue weighted by Gasteiger charge is -2.10. The molecular formula is C20H18FN3O3. The average molecular weight is 367 g/mol. The molecule has 0 atom stereocenters. The fraction of sp³-hybridized carbons (Fsp3) is 0.200. The number of aryl methyl sites for hydroxylation is 2. The van der Waals surface area contributed by atoms with E-state index in [-0.39, 0.29) is 19.1 Å². The first-order valence-corrected chi connectivity index (χ1v) is 8.58. The van der Waals surface area contributed by atoms with E-state index in [1.54, 1.807) is 36.0 Å². The van der Waals surface area contributed by atoms with Crippen LogP contribution in [0.15, 0.2) is 48.8 Å². The molecule has 7 heteroatoms. The number of halogens is 1. The quantitative estimate of drug-likeness (QED) is 0.748. The van der Waals surface area contributed by atoms with E-state index in [4.69, 9.17) is 9.47 Å². The molecule has 0 radical (unpaired) electrons. The van der Waals surface area contributed by atoms with Crippen LogP contribution in [0.2, 0.25) is 0 Å². The van der Waals surface area contributed by atoms with Gasteiger partial charge in [-0.15, -0.1) is 0 Å². The number of imidazole rings is 1. The molecule has 0 unspecified atom stereocenters. The van der Waals surface area contributed by atoms with E-state index >= 15 is 0 Å². The Morgan fingerprint density at radius 3 is 2.85 bits per heavy atom. The van der Waals surface area contributed by atoms with Crippen LogP contribution in [0.25, 0.3) is 5.69 Å². The normalized spacial score (nSPS) is 12.2. The number of hydrogen-bond acceptors (Lipinski definition) is 4. The first-order chi connectivity index (χ1) is 13.1. The summed E-state index contributed by atoms with van der Waals surface area (Å²) in [5.74, 6) is 1.49. The first kappa shape index (κ1) is 17.1. The van der Waals surface area contributed by atoms with Gasteiger partial charge in [0.2, 0.25) is 12.7 Å². The first-order valence-electron chi connectivity index (χ1n) is 8.58. The summed E-state index contributed by atoms with van der Waals surface area (Å²) in [6.45, 7) is 2.02. The smallest absolute Gasteiger partial charge is 0.231 e. The van der Waals surface area contributed by atoms with Gasteiger partial charge >= 0.3 is 0 Å². The van der Waals surface area contributed by atoms with Gasteiger partial charge in [-0.25, -0.2) is 9.37 Å². The predicted molar refractivity (Wildman–Crippen MR) is 97.8 cm³/mol. The maximum atomic E-state index is 14.4. The Labute approximate surface area is 155 Å². The van der Waals surface area contributed by atoms with Crippen molar-refractivity contribution in [2.45, 2.75) is 19.8 Å². The maximum absolute atomic E-state index is 14.4. The summed E-state index contributed by atoms with van der Waals surface area (Å²) >= 11 is 0. The van der Waals surface area contributed by atoms with Gasteiger partial charge in [-0.1, -0.05) is 6.07 Å². The number of carbonyl (C=O) groups is 1. The maximum Gasteiger partial charge on any atom is 0.231 e. The second-order valence-electron chi connectivity index (χ2n) is 6.25. The standard InChI is InChI=1S/C20H18FN3O3/c1-13-22-8-9-24(13)17-5-4-15(11-16(17)21)23-20(25)7-3-14-2-6-18-19(10-14)27-12-26-18/h2,4-6,8-11H,3,7,12H2,1H3,(H,23,25). The number of carbonyl (C=O) groups excluding carboxylic acids is 1. The van der Waals surface area contributed by atoms with Crippen molar-refractivity contribution in [2.24, 2.45) is 0 Å². The molecule has 0 aliphatic carbocycles. The van der Waals surface area contributed by atoms with Gasteiger partial charge in [0, 0.05) is 24.5 Å². The van der Waals surface area contributed by atoms with Crippen LogP contribution in [-0.2, 0) is 11.2 Å². The number of aromatic nitrogens is 2. The highest BCUT2D eigenvalue weighted by Crippen LogP contribution is 2.32. The Kier molecular flexibility index (Phi) is 4.50. The number of hydrogen-bond donors (Lipinski definition) is 1. The number of amides is 1. The third kappa shape index (κ3) is 3.62. The van der Waals surface area contributed by atoms with Crippen LogP contribution >= 0.6 is 0 Å². The molecule has 1 aromatic heterocycles. The van der Waals surface area contributed by atoms with Gasteiger partial charge in [0.1, 0.15) is 11.6 Å². The summed E-state index contributed by atoms with van der Waals surface area (Å²) in [7, 11) is 0. The summed E-state index contributed by atoms with van der Waals surface area (Å²) in [6.07, 6.45) is 4.14. The van der Waals surface area contributed by atoms with Crippen molar-refractivity contribution in [1.29, 1.82) is 0 Å². The van der Waals surface area contributed by atoms with Gasteiger partial charge in [-0.05, 0) is 49.2 Å². The molecule has 138 valence electrons. The van der Waals surface area contributed by atoms with Gasteiger partial charge in [0.25, 0.3) is 0 Å². The number of rotatable bonds is 5. The van der Waals surface area contributed by atoms with Crippen molar-refractivity contribution in [2.75, 3.05) is 12.1 Å². The second kappa shape index (κ2) is 7.11. The number of anilines is 1. The molecule has 3 aromatic rings. The highest BCUT2D eigenvalue weighted by atomic mass is 19.1. The second-order valence-corrected chi connectivity index (χ2v) is 6.25. The van der Waals surface area contributed by atoms with E-state index in [0.717, 1.165) is 5.56 Å². The molecule has 0 bridgehead atoms. The molecule has 2 aromatic carbocycles. The van der Waals surface area contributed by atoms with Crippen molar-refractivity contribution >= 4 is 11.6 Å². The highest BCUT2D eigenvalue weighted by Gasteiger charge is 2.14. The van der Waals surface area contributed by atoms with Gasteiger partial charge < -0.3 is 19.4 Å². The Bertz CT molecular complexity index is 1000. The molecule has 0 saturated heterocycles. The molecule has 1 N–H and O–H groups in total. The molecule has 0 fully saturated rings. The van der Waals surface area contributed by atoms with Crippen LogP contribution in [0.5, 0.6) is 11.5 Å². The molecule has 0 spiro atoms. The van der Waals surface area contributed by atoms with Crippen LogP contribution in [0.3, 0.4) is 0 Å². The van der Waals surface area contributed by atoms with E-state index < -0.39 is 5.82 Å². The lowest BCUT2D eigenvalue weighted by molar-refractivity contribution is -0.116. The minimum absolute atomic E-state index is 0.182. The lowest BCUT2D eigenvalue weighted by Crippen LogP contribution is -2.13. The largest absolute Gasteiger partial charge is 0.454 e. The van der Waals surface area contributed by atoms with Gasteiger partial charge in [0.05, 0.1) is 5.69 Å². The lowest BCUT2D eigenvalue weighted by atomic mass is 10.1. The van der Waals surface area contributed by atoms with Crippen LogP contribution in [-0.4, -0.2) is 22.3 Å². The molecule has 27 heavy (non-hydrogen) atoms. The third-order valence-electron chi connectivity index (χ3n) is 4.39. The Balaban J connectivity index is 1.38. The van der Waals surface area contributed by atoms with Crippen molar-refractivity contribution in [3.05, 3.63) is 66.0 Å². The molecule has 1 aliphatic rings. The van der Waals surface area contributed by atoms with Crippen molar-refractivity contribution in [3.63, 3.8) is 0 Å². The van der Waals surface area contributed by atoms with Crippen LogP contribution in [0, 0.1) is 12.7 Å². The number of ether oxygens (including phenoxy) is 2. The molecule has 6 nitrogen and oxygen atoms in total. The number of nitrogens with zero attached hydrogens (tertiary/aromatic N) is 2. The van der Waals surface area contributed by atoms with Gasteiger partial charge in [-0.2, -0.15) is 0 Å². The molecule has 1 amide bonds. The van der Waals surface area contributed by atoms with E-state index in [1.807, 2.05) is 18.2 Å². The fourth-order valence-corrected chi connectivity index (χ4v) is 2.99. The topological polar surface area (TPSA) is 65.4 Å². The number of fused-ring (bicyclic) bond motifs is 1. The summed E-state index contributed by atoms with van der Waals surface area (Å²) in [5.41, 5.74) is 1.79. The third-order valence-corrected chi connectivity index (χ3v) is 4.39. The molecule has 4 rings (SSSR count). The van der Waals surface area contributed by atoms with Crippen LogP contribution < -0.4 is 14.8 Å². The zero-order valence-corrected chi connectivity index (χ0v) is 14.7. The zero-order chi connectivity index (χ0) is 18.8. The molecule has 1 aliphatic heterocycles. The van der Waals surface area contributed by atoms with Crippen molar-refractivity contribution in [3.8, 4) is 17.2 Å². The zero-order valence-electron chi connectivity index (χ0n) is 14.7. The van der Waals surface area contributed by atoms with Crippen molar-refractivity contribution < 1.29 is 18.7 Å². The van der Waals surface area contributed by atoms with E-state index in [9.17, 15) is 9.18 Å². The van der Waals surface area contributed by atoms with E-state index in [0.29, 0.717) is 35.1 Å². The number of nitrogens with one attached hydrogen (secondary N) is 1. The average Bonchev–Trinajstić information content (AvgIpc) is 3.28. The van der Waals surface area contributed by atoms with Crippen molar-refractivity contribution in [1.82, 2.24) is 9.55 Å². The Morgan fingerprint density at radius 1 is 1.22 bits per heavy atom. The van der Waals surface area contributed by atoms with E-state index in [1.165, 1.54) is 6.07 Å². The van der Waals surface area contributed by atoms with E-state index in [2.05, 4.69) is 10.3 Å². The van der Waals surface area contributed by atoms with Crippen LogP contribution in [0.4, 0.5) is 10.1 Å². The minimum Gasteiger partial charge on any atom is -0.454 e. The number of benzene rings is 2. The minimum atomic E-state index is -0.426. The van der Waals surface area contributed by atoms with Gasteiger partial charge in [-0.3, -0.25) is 4.79 Å². The SMILES string of the molecule is Cc1nccn1-c1ccc(NC(=O)CCc2ccc3c(c2)OCO3)cc1F. The summed E-state index contributed by atoms with van der Waals surface area (Å²) in [5, 5.41) is 2.73. The van der Waals surface area contributed by atoms with Gasteiger partial charge in [0.15, 0.2) is 11.5 Å². The highest BCUT2D eigenvalue weighted by molar-refractivity contribution is 5.91. The monoisotopic (exact) mass is 367 g/mol. The summed E-state index contributed by atoms with van der Waals surface area (Å²) < 4.78 is 26.7. The predicted octanol–water partition coefficient (Wildman–Crippen LogP) is 3.62. The van der Waals surface area contributed by atoms with Crippen LogP contribution in [0.1, 0.15) is 17.8 Å². The summed E-state index contributed by atoms with van der Waals surface area (Å²) in [6, 6.07) is 10.2.